The molecular formula is C9H13F3N4. The Morgan fingerprint density at radius 3 is 2.38 bits per heavy atom. The van der Waals surface area contributed by atoms with Crippen molar-refractivity contribution in [3.05, 3.63) is 11.4 Å². The third-order valence-electron chi connectivity index (χ3n) is 2.01. The van der Waals surface area contributed by atoms with Gasteiger partial charge < -0.3 is 5.32 Å². The molecule has 4 nitrogen and oxygen atoms in total. The van der Waals surface area contributed by atoms with E-state index in [1.54, 1.807) is 13.8 Å². The summed E-state index contributed by atoms with van der Waals surface area (Å²) in [5, 5.41) is 10.2. The first kappa shape index (κ1) is 12.7. The van der Waals surface area contributed by atoms with Crippen LogP contribution in [0.2, 0.25) is 0 Å². The number of halogens is 3. The second-order valence-corrected chi connectivity index (χ2v) is 3.45. The zero-order chi connectivity index (χ0) is 12.2. The molecule has 0 bridgehead atoms. The molecule has 7 heteroatoms. The second kappa shape index (κ2) is 5.09. The van der Waals surface area contributed by atoms with Crippen LogP contribution in [-0.2, 0) is 0 Å². The molecule has 1 rings (SSSR count). The summed E-state index contributed by atoms with van der Waals surface area (Å²) in [6, 6.07) is 0. The van der Waals surface area contributed by atoms with Crippen molar-refractivity contribution in [2.45, 2.75) is 32.9 Å². The molecule has 0 spiro atoms. The highest BCUT2D eigenvalue weighted by Gasteiger charge is 2.25. The molecule has 0 fully saturated rings. The lowest BCUT2D eigenvalue weighted by molar-refractivity contribution is -0.134. The van der Waals surface area contributed by atoms with Gasteiger partial charge in [0.15, 0.2) is 0 Å². The zero-order valence-electron chi connectivity index (χ0n) is 9.10. The molecule has 0 aliphatic heterocycles. The minimum absolute atomic E-state index is 0.000214. The maximum Gasteiger partial charge on any atom is 0.389 e. The van der Waals surface area contributed by atoms with Gasteiger partial charge in [-0.15, -0.1) is 5.10 Å². The van der Waals surface area contributed by atoms with Gasteiger partial charge in [0.1, 0.15) is 0 Å². The van der Waals surface area contributed by atoms with Gasteiger partial charge in [0.2, 0.25) is 5.95 Å². The Bertz CT molecular complexity index is 351. The third kappa shape index (κ3) is 4.41. The summed E-state index contributed by atoms with van der Waals surface area (Å²) in [5.74, 6) is 0.269. The van der Waals surface area contributed by atoms with Crippen LogP contribution < -0.4 is 5.32 Å². The average Bonchev–Trinajstić information content (AvgIpc) is 2.17. The highest BCUT2D eigenvalue weighted by Crippen LogP contribution is 2.20. The number of hydrogen-bond donors (Lipinski definition) is 1. The van der Waals surface area contributed by atoms with Crippen molar-refractivity contribution in [1.29, 1.82) is 0 Å². The molecule has 0 unspecified atom stereocenters. The molecule has 1 aromatic heterocycles. The van der Waals surface area contributed by atoms with Crippen LogP contribution >= 0.6 is 0 Å². The lowest BCUT2D eigenvalue weighted by Gasteiger charge is -2.07. The quantitative estimate of drug-likeness (QED) is 0.812. The van der Waals surface area contributed by atoms with Gasteiger partial charge in [-0.2, -0.15) is 18.3 Å². The van der Waals surface area contributed by atoms with Gasteiger partial charge in [0.25, 0.3) is 0 Å². The molecule has 0 atom stereocenters. The third-order valence-corrected chi connectivity index (χ3v) is 2.01. The summed E-state index contributed by atoms with van der Waals surface area (Å²) >= 11 is 0. The summed E-state index contributed by atoms with van der Waals surface area (Å²) in [4.78, 5) is 4.04. The molecule has 0 aliphatic carbocycles. The molecule has 0 radical (unpaired) electrons. The molecule has 90 valence electrons. The molecule has 16 heavy (non-hydrogen) atoms. The second-order valence-electron chi connectivity index (χ2n) is 3.45. The predicted molar refractivity (Wildman–Crippen MR) is 53.1 cm³/mol. The van der Waals surface area contributed by atoms with Crippen molar-refractivity contribution >= 4 is 5.95 Å². The molecule has 1 N–H and O–H groups in total. The SMILES string of the molecule is Cc1nnc(NCCCC(F)(F)F)nc1C. The van der Waals surface area contributed by atoms with E-state index in [1.165, 1.54) is 0 Å². The van der Waals surface area contributed by atoms with E-state index in [0.29, 0.717) is 11.4 Å². The molecule has 0 saturated carbocycles. The molecule has 0 aromatic carbocycles. The Morgan fingerprint density at radius 1 is 1.12 bits per heavy atom. The first-order valence-corrected chi connectivity index (χ1v) is 4.87. The van der Waals surface area contributed by atoms with E-state index in [2.05, 4.69) is 20.5 Å². The lowest BCUT2D eigenvalue weighted by atomic mass is 10.3. The molecule has 0 aliphatic rings. The Balaban J connectivity index is 2.35. The number of alkyl halides is 3. The number of anilines is 1. The van der Waals surface area contributed by atoms with E-state index in [-0.39, 0.29) is 18.9 Å². The fraction of sp³-hybridized carbons (Fsp3) is 0.667. The summed E-state index contributed by atoms with van der Waals surface area (Å²) < 4.78 is 35.5. The number of nitrogens with one attached hydrogen (secondary N) is 1. The van der Waals surface area contributed by atoms with E-state index in [0.717, 1.165) is 0 Å². The summed E-state index contributed by atoms with van der Waals surface area (Å²) in [5.41, 5.74) is 1.43. The van der Waals surface area contributed by atoms with Crippen molar-refractivity contribution in [1.82, 2.24) is 15.2 Å². The van der Waals surface area contributed by atoms with Crippen LogP contribution in [0.4, 0.5) is 19.1 Å². The van der Waals surface area contributed by atoms with Crippen molar-refractivity contribution < 1.29 is 13.2 Å². The molecule has 0 saturated heterocycles. The van der Waals surface area contributed by atoms with Crippen molar-refractivity contribution in [3.8, 4) is 0 Å². The standard InChI is InChI=1S/C9H13F3N4/c1-6-7(2)15-16-8(14-6)13-5-3-4-9(10,11)12/h3-5H2,1-2H3,(H,13,14,16). The molecule has 1 heterocycles. The molecule has 0 amide bonds. The van der Waals surface area contributed by atoms with Crippen LogP contribution in [0.25, 0.3) is 0 Å². The Morgan fingerprint density at radius 2 is 1.81 bits per heavy atom. The van der Waals surface area contributed by atoms with E-state index in [9.17, 15) is 13.2 Å². The van der Waals surface area contributed by atoms with Gasteiger partial charge in [-0.3, -0.25) is 0 Å². The van der Waals surface area contributed by atoms with Gasteiger partial charge in [-0.25, -0.2) is 4.98 Å². The smallest absolute Gasteiger partial charge is 0.353 e. The minimum Gasteiger partial charge on any atom is -0.353 e. The number of nitrogens with zero attached hydrogens (tertiary/aromatic N) is 3. The normalized spacial score (nSPS) is 11.6. The minimum atomic E-state index is -4.11. The number of rotatable bonds is 4. The first-order valence-electron chi connectivity index (χ1n) is 4.87. The van der Waals surface area contributed by atoms with Crippen LogP contribution in [0.3, 0.4) is 0 Å². The van der Waals surface area contributed by atoms with Gasteiger partial charge in [0, 0.05) is 13.0 Å². The monoisotopic (exact) mass is 234 g/mol. The summed E-state index contributed by atoms with van der Waals surface area (Å²) in [7, 11) is 0. The number of aryl methyl sites for hydroxylation is 2. The van der Waals surface area contributed by atoms with Gasteiger partial charge in [-0.05, 0) is 20.3 Å². The summed E-state index contributed by atoms with van der Waals surface area (Å²) in [6.45, 7) is 3.72. The fourth-order valence-electron chi connectivity index (χ4n) is 1.02. The van der Waals surface area contributed by atoms with Crippen LogP contribution in [-0.4, -0.2) is 27.9 Å². The van der Waals surface area contributed by atoms with E-state index < -0.39 is 12.6 Å². The zero-order valence-corrected chi connectivity index (χ0v) is 9.10. The van der Waals surface area contributed by atoms with E-state index in [4.69, 9.17) is 0 Å². The van der Waals surface area contributed by atoms with E-state index in [1.807, 2.05) is 0 Å². The van der Waals surface area contributed by atoms with Crippen molar-refractivity contribution in [2.24, 2.45) is 0 Å². The maximum atomic E-state index is 11.8. The number of aromatic nitrogens is 3. The fourth-order valence-corrected chi connectivity index (χ4v) is 1.02. The van der Waals surface area contributed by atoms with Gasteiger partial charge in [-0.1, -0.05) is 0 Å². The largest absolute Gasteiger partial charge is 0.389 e. The Labute approximate surface area is 91.3 Å². The van der Waals surface area contributed by atoms with Crippen molar-refractivity contribution in [3.63, 3.8) is 0 Å². The lowest BCUT2D eigenvalue weighted by Crippen LogP contribution is -2.13. The van der Waals surface area contributed by atoms with Crippen LogP contribution in [0.5, 0.6) is 0 Å². The molecule has 1 aromatic rings. The Hall–Kier alpha value is -1.40. The number of hydrogen-bond acceptors (Lipinski definition) is 4. The average molecular weight is 234 g/mol. The first-order chi connectivity index (χ1) is 7.38. The van der Waals surface area contributed by atoms with Gasteiger partial charge in [0.05, 0.1) is 11.4 Å². The summed E-state index contributed by atoms with van der Waals surface area (Å²) in [6.07, 6.45) is -4.91. The predicted octanol–water partition coefficient (Wildman–Crippen LogP) is 2.24. The topological polar surface area (TPSA) is 50.7 Å². The van der Waals surface area contributed by atoms with Crippen LogP contribution in [0.1, 0.15) is 24.2 Å². The molecular weight excluding hydrogens is 221 g/mol. The van der Waals surface area contributed by atoms with Crippen LogP contribution in [0, 0.1) is 13.8 Å². The Kier molecular flexibility index (Phi) is 4.03. The van der Waals surface area contributed by atoms with Crippen molar-refractivity contribution in [2.75, 3.05) is 11.9 Å². The highest BCUT2D eigenvalue weighted by molar-refractivity contribution is 5.24. The maximum absolute atomic E-state index is 11.8. The van der Waals surface area contributed by atoms with Crippen LogP contribution in [0.15, 0.2) is 0 Å². The highest BCUT2D eigenvalue weighted by atomic mass is 19.4. The van der Waals surface area contributed by atoms with E-state index >= 15 is 0 Å². The van der Waals surface area contributed by atoms with Gasteiger partial charge >= 0.3 is 6.18 Å².